The number of aromatic nitrogens is 1. The van der Waals surface area contributed by atoms with E-state index in [0.717, 1.165) is 31.1 Å². The number of anilines is 1. The van der Waals surface area contributed by atoms with Gasteiger partial charge >= 0.3 is 0 Å². The van der Waals surface area contributed by atoms with Crippen molar-refractivity contribution >= 4 is 5.82 Å². The van der Waals surface area contributed by atoms with Crippen molar-refractivity contribution in [1.29, 1.82) is 0 Å². The van der Waals surface area contributed by atoms with Crippen LogP contribution in [-0.2, 0) is 4.74 Å². The zero-order valence-corrected chi connectivity index (χ0v) is 10.9. The normalized spacial score (nSPS) is 12.5. The van der Waals surface area contributed by atoms with Crippen LogP contribution in [0.15, 0.2) is 18.3 Å². The fraction of sp³-hybridized carbons (Fsp3) is 0.615. The monoisotopic (exact) mass is 238 g/mol. The van der Waals surface area contributed by atoms with Gasteiger partial charge in [-0.1, -0.05) is 0 Å². The zero-order valence-electron chi connectivity index (χ0n) is 10.9. The minimum atomic E-state index is -0.456. The number of hydrogen-bond donors (Lipinski definition) is 1. The lowest BCUT2D eigenvalue weighted by Crippen LogP contribution is -2.28. The van der Waals surface area contributed by atoms with Gasteiger partial charge in [-0.2, -0.15) is 0 Å². The molecule has 0 amide bonds. The van der Waals surface area contributed by atoms with Gasteiger partial charge in [0.15, 0.2) is 0 Å². The molecule has 0 aliphatic carbocycles. The second kappa shape index (κ2) is 7.25. The van der Waals surface area contributed by atoms with Crippen molar-refractivity contribution in [1.82, 2.24) is 4.98 Å². The molecule has 17 heavy (non-hydrogen) atoms. The Morgan fingerprint density at radius 3 is 2.82 bits per heavy atom. The maximum Gasteiger partial charge on any atom is 0.128 e. The number of aliphatic hydroxyl groups is 1. The van der Waals surface area contributed by atoms with Crippen molar-refractivity contribution in [3.8, 4) is 0 Å². The Morgan fingerprint density at radius 1 is 1.47 bits per heavy atom. The summed E-state index contributed by atoms with van der Waals surface area (Å²) in [5.41, 5.74) is 0.893. The highest BCUT2D eigenvalue weighted by Gasteiger charge is 2.08. The van der Waals surface area contributed by atoms with E-state index in [0.29, 0.717) is 6.61 Å². The molecule has 1 heterocycles. The first-order chi connectivity index (χ1) is 8.19. The molecule has 0 radical (unpaired) electrons. The minimum Gasteiger partial charge on any atom is -0.389 e. The fourth-order valence-electron chi connectivity index (χ4n) is 1.62. The summed E-state index contributed by atoms with van der Waals surface area (Å²) in [6.45, 7) is 8.97. The third-order valence-electron chi connectivity index (χ3n) is 2.67. The van der Waals surface area contributed by atoms with Crippen molar-refractivity contribution in [2.75, 3.05) is 31.2 Å². The van der Waals surface area contributed by atoms with Crippen LogP contribution in [0.25, 0.3) is 0 Å². The first-order valence-corrected chi connectivity index (χ1v) is 6.15. The molecule has 1 atom stereocenters. The number of ether oxygens (including phenoxy) is 1. The van der Waals surface area contributed by atoms with Crippen LogP contribution in [0.5, 0.6) is 0 Å². The molecule has 0 spiro atoms. The van der Waals surface area contributed by atoms with Gasteiger partial charge < -0.3 is 14.7 Å². The zero-order chi connectivity index (χ0) is 12.7. The van der Waals surface area contributed by atoms with Gasteiger partial charge in [-0.05, 0) is 38.5 Å². The molecular weight excluding hydrogens is 216 g/mol. The van der Waals surface area contributed by atoms with Gasteiger partial charge in [0.1, 0.15) is 5.82 Å². The van der Waals surface area contributed by atoms with Crippen LogP contribution in [0.2, 0.25) is 0 Å². The molecule has 4 heteroatoms. The highest BCUT2D eigenvalue weighted by Crippen LogP contribution is 2.17. The van der Waals surface area contributed by atoms with E-state index in [2.05, 4.69) is 16.8 Å². The molecule has 0 aromatic carbocycles. The lowest BCUT2D eigenvalue weighted by atomic mass is 10.1. The van der Waals surface area contributed by atoms with E-state index in [1.807, 2.05) is 19.1 Å². The minimum absolute atomic E-state index is 0.456. The lowest BCUT2D eigenvalue weighted by molar-refractivity contribution is 0.154. The summed E-state index contributed by atoms with van der Waals surface area (Å²) in [4.78, 5) is 6.47. The van der Waals surface area contributed by atoms with E-state index >= 15 is 0 Å². The molecule has 0 aliphatic rings. The van der Waals surface area contributed by atoms with Crippen LogP contribution in [0.1, 0.15) is 32.4 Å². The molecule has 1 aromatic rings. The molecule has 96 valence electrons. The molecular formula is C13H22N2O2. The topological polar surface area (TPSA) is 45.6 Å². The second-order valence-electron chi connectivity index (χ2n) is 3.90. The van der Waals surface area contributed by atoms with Crippen LogP contribution < -0.4 is 4.90 Å². The molecule has 0 aliphatic heterocycles. The molecule has 0 unspecified atom stereocenters. The summed E-state index contributed by atoms with van der Waals surface area (Å²) < 4.78 is 5.35. The summed E-state index contributed by atoms with van der Waals surface area (Å²) in [5, 5.41) is 9.55. The largest absolute Gasteiger partial charge is 0.389 e. The molecule has 4 nitrogen and oxygen atoms in total. The quantitative estimate of drug-likeness (QED) is 0.738. The Hall–Kier alpha value is -1.13. The fourth-order valence-corrected chi connectivity index (χ4v) is 1.62. The molecule has 0 fully saturated rings. The predicted molar refractivity (Wildman–Crippen MR) is 69.3 cm³/mol. The molecule has 0 bridgehead atoms. The van der Waals surface area contributed by atoms with Crippen molar-refractivity contribution < 1.29 is 9.84 Å². The van der Waals surface area contributed by atoms with Crippen LogP contribution in [-0.4, -0.2) is 36.4 Å². The summed E-state index contributed by atoms with van der Waals surface area (Å²) in [6.07, 6.45) is 1.28. The van der Waals surface area contributed by atoms with Gasteiger partial charge in [-0.3, -0.25) is 0 Å². The third-order valence-corrected chi connectivity index (χ3v) is 2.67. The highest BCUT2D eigenvalue weighted by molar-refractivity contribution is 5.41. The maximum absolute atomic E-state index is 9.55. The van der Waals surface area contributed by atoms with Gasteiger partial charge in [0.05, 0.1) is 12.7 Å². The number of hydrogen-bond acceptors (Lipinski definition) is 4. The third kappa shape index (κ3) is 4.32. The Bertz CT molecular complexity index is 329. The summed E-state index contributed by atoms with van der Waals surface area (Å²) >= 11 is 0. The molecule has 1 N–H and O–H groups in total. The summed E-state index contributed by atoms with van der Waals surface area (Å²) in [7, 11) is 0. The lowest BCUT2D eigenvalue weighted by Gasteiger charge is -2.22. The Labute approximate surface area is 103 Å². The van der Waals surface area contributed by atoms with Gasteiger partial charge in [0.25, 0.3) is 0 Å². The predicted octanol–water partition coefficient (Wildman–Crippen LogP) is 2.00. The second-order valence-corrected chi connectivity index (χ2v) is 3.90. The smallest absolute Gasteiger partial charge is 0.128 e. The van der Waals surface area contributed by atoms with Crippen molar-refractivity contribution in [3.05, 3.63) is 23.9 Å². The SMILES string of the molecule is CCOCCN(CC)c1cc([C@@H](C)O)ccn1. The molecule has 1 aromatic heterocycles. The number of nitrogens with zero attached hydrogens (tertiary/aromatic N) is 2. The first-order valence-electron chi connectivity index (χ1n) is 6.15. The average molecular weight is 238 g/mol. The van der Waals surface area contributed by atoms with Crippen molar-refractivity contribution in [2.45, 2.75) is 26.9 Å². The number of likely N-dealkylation sites (N-methyl/N-ethyl adjacent to an activating group) is 1. The Balaban J connectivity index is 2.70. The Kier molecular flexibility index (Phi) is 5.94. The van der Waals surface area contributed by atoms with E-state index < -0.39 is 6.10 Å². The van der Waals surface area contributed by atoms with E-state index in [4.69, 9.17) is 4.74 Å². The summed E-state index contributed by atoms with van der Waals surface area (Å²) in [6, 6.07) is 3.77. The van der Waals surface area contributed by atoms with E-state index in [-0.39, 0.29) is 0 Å². The summed E-state index contributed by atoms with van der Waals surface area (Å²) in [5.74, 6) is 0.894. The van der Waals surface area contributed by atoms with Crippen LogP contribution >= 0.6 is 0 Å². The van der Waals surface area contributed by atoms with Gasteiger partial charge in [-0.25, -0.2) is 4.98 Å². The van der Waals surface area contributed by atoms with E-state index in [1.165, 1.54) is 0 Å². The Morgan fingerprint density at radius 2 is 2.24 bits per heavy atom. The standard InChI is InChI=1S/C13H22N2O2/c1-4-15(8-9-17-5-2)13-10-12(11(3)16)6-7-14-13/h6-7,10-11,16H,4-5,8-9H2,1-3H3/t11-/m1/s1. The van der Waals surface area contributed by atoms with Gasteiger partial charge in [0, 0.05) is 25.9 Å². The van der Waals surface area contributed by atoms with Crippen molar-refractivity contribution in [2.24, 2.45) is 0 Å². The van der Waals surface area contributed by atoms with Crippen LogP contribution in [0, 0.1) is 0 Å². The van der Waals surface area contributed by atoms with Crippen LogP contribution in [0.3, 0.4) is 0 Å². The number of rotatable bonds is 7. The van der Waals surface area contributed by atoms with Gasteiger partial charge in [0.2, 0.25) is 0 Å². The van der Waals surface area contributed by atoms with E-state index in [1.54, 1.807) is 13.1 Å². The first kappa shape index (κ1) is 13.9. The molecule has 0 saturated heterocycles. The molecule has 1 rings (SSSR count). The maximum atomic E-state index is 9.55. The van der Waals surface area contributed by atoms with Crippen LogP contribution in [0.4, 0.5) is 5.82 Å². The average Bonchev–Trinajstić information content (AvgIpc) is 2.35. The number of aliphatic hydroxyl groups excluding tert-OH is 1. The number of pyridine rings is 1. The molecule has 0 saturated carbocycles. The van der Waals surface area contributed by atoms with Gasteiger partial charge in [-0.15, -0.1) is 0 Å². The highest BCUT2D eigenvalue weighted by atomic mass is 16.5. The van der Waals surface area contributed by atoms with Crippen molar-refractivity contribution in [3.63, 3.8) is 0 Å². The van der Waals surface area contributed by atoms with E-state index in [9.17, 15) is 5.11 Å².